The molecule has 0 heterocycles. The lowest BCUT2D eigenvalue weighted by Crippen LogP contribution is -2.34. The van der Waals surface area contributed by atoms with Gasteiger partial charge in [0.05, 0.1) is 0 Å². The maximum absolute atomic E-state index is 11.1. The summed E-state index contributed by atoms with van der Waals surface area (Å²) in [5, 5.41) is 3.42. The highest BCUT2D eigenvalue weighted by atomic mass is 16.1. The fourth-order valence-electron chi connectivity index (χ4n) is 2.36. The molecule has 1 aliphatic rings. The molecule has 4 nitrogen and oxygen atoms in total. The molecular weight excluding hydrogens is 214 g/mol. The van der Waals surface area contributed by atoms with E-state index in [1.165, 1.54) is 0 Å². The zero-order valence-electron chi connectivity index (χ0n) is 9.86. The van der Waals surface area contributed by atoms with Crippen molar-refractivity contribution in [3.63, 3.8) is 0 Å². The van der Waals surface area contributed by atoms with Gasteiger partial charge in [0.15, 0.2) is 0 Å². The van der Waals surface area contributed by atoms with E-state index in [1.807, 2.05) is 12.1 Å². The third kappa shape index (κ3) is 3.20. The van der Waals surface area contributed by atoms with E-state index in [4.69, 9.17) is 11.5 Å². The first-order valence-electron chi connectivity index (χ1n) is 6.07. The quantitative estimate of drug-likeness (QED) is 0.739. The molecule has 2 rings (SSSR count). The standard InChI is InChI=1S/C13H19N3O/c14-10-4-2-6-12(8-10)16-11-5-1-3-9(7-11)13(15)17/h1,3,5,7,10,12,16H,2,4,6,8,14H2,(H2,15,17). The number of carbonyl (C=O) groups excluding carboxylic acids is 1. The molecule has 0 aromatic heterocycles. The summed E-state index contributed by atoms with van der Waals surface area (Å²) in [7, 11) is 0. The van der Waals surface area contributed by atoms with Gasteiger partial charge in [0.1, 0.15) is 0 Å². The Morgan fingerprint density at radius 2 is 2.18 bits per heavy atom. The van der Waals surface area contributed by atoms with Gasteiger partial charge in [0, 0.05) is 23.3 Å². The number of carbonyl (C=O) groups is 1. The molecule has 0 radical (unpaired) electrons. The third-order valence-electron chi connectivity index (χ3n) is 3.23. The van der Waals surface area contributed by atoms with E-state index in [0.717, 1.165) is 31.4 Å². The molecule has 1 aliphatic carbocycles. The Labute approximate surface area is 101 Å². The van der Waals surface area contributed by atoms with E-state index in [2.05, 4.69) is 5.32 Å². The molecule has 0 aliphatic heterocycles. The second-order valence-corrected chi connectivity index (χ2v) is 4.71. The highest BCUT2D eigenvalue weighted by Crippen LogP contribution is 2.21. The highest BCUT2D eigenvalue weighted by molar-refractivity contribution is 5.93. The summed E-state index contributed by atoms with van der Waals surface area (Å²) < 4.78 is 0. The van der Waals surface area contributed by atoms with Crippen LogP contribution in [0.3, 0.4) is 0 Å². The van der Waals surface area contributed by atoms with Crippen molar-refractivity contribution in [2.75, 3.05) is 5.32 Å². The monoisotopic (exact) mass is 233 g/mol. The lowest BCUT2D eigenvalue weighted by atomic mass is 9.91. The summed E-state index contributed by atoms with van der Waals surface area (Å²) in [6.07, 6.45) is 4.39. The number of amides is 1. The molecule has 1 fully saturated rings. The molecule has 1 aromatic rings. The van der Waals surface area contributed by atoms with E-state index in [1.54, 1.807) is 12.1 Å². The van der Waals surface area contributed by atoms with Crippen molar-refractivity contribution >= 4 is 11.6 Å². The zero-order valence-corrected chi connectivity index (χ0v) is 9.86. The first kappa shape index (κ1) is 11.9. The fourth-order valence-corrected chi connectivity index (χ4v) is 2.36. The molecule has 1 saturated carbocycles. The first-order valence-corrected chi connectivity index (χ1v) is 6.07. The smallest absolute Gasteiger partial charge is 0.248 e. The zero-order chi connectivity index (χ0) is 12.3. The lowest BCUT2D eigenvalue weighted by Gasteiger charge is -2.28. The largest absolute Gasteiger partial charge is 0.382 e. The number of benzene rings is 1. The number of hydrogen-bond acceptors (Lipinski definition) is 3. The fraction of sp³-hybridized carbons (Fsp3) is 0.462. The summed E-state index contributed by atoms with van der Waals surface area (Å²) in [5.41, 5.74) is 12.7. The normalized spacial score (nSPS) is 24.3. The Balaban J connectivity index is 2.02. The van der Waals surface area contributed by atoms with Gasteiger partial charge in [0.25, 0.3) is 0 Å². The topological polar surface area (TPSA) is 81.1 Å². The SMILES string of the molecule is NC(=O)c1cccc(NC2CCCC(N)C2)c1. The Hall–Kier alpha value is -1.55. The summed E-state index contributed by atoms with van der Waals surface area (Å²) in [4.78, 5) is 11.1. The van der Waals surface area contributed by atoms with Crippen LogP contribution in [-0.2, 0) is 0 Å². The average molecular weight is 233 g/mol. The van der Waals surface area contributed by atoms with Crippen molar-refractivity contribution in [1.82, 2.24) is 0 Å². The van der Waals surface area contributed by atoms with Crippen molar-refractivity contribution in [2.45, 2.75) is 37.8 Å². The van der Waals surface area contributed by atoms with E-state index in [-0.39, 0.29) is 0 Å². The van der Waals surface area contributed by atoms with Gasteiger partial charge >= 0.3 is 0 Å². The van der Waals surface area contributed by atoms with Gasteiger partial charge in [-0.15, -0.1) is 0 Å². The summed E-state index contributed by atoms with van der Waals surface area (Å²) in [6.45, 7) is 0. The average Bonchev–Trinajstić information content (AvgIpc) is 2.29. The minimum atomic E-state index is -0.394. The Morgan fingerprint density at radius 3 is 2.88 bits per heavy atom. The molecule has 92 valence electrons. The highest BCUT2D eigenvalue weighted by Gasteiger charge is 2.18. The van der Waals surface area contributed by atoms with Crippen LogP contribution < -0.4 is 16.8 Å². The van der Waals surface area contributed by atoms with Gasteiger partial charge in [0.2, 0.25) is 5.91 Å². The van der Waals surface area contributed by atoms with Gasteiger partial charge in [-0.05, 0) is 43.9 Å². The Bertz CT molecular complexity index is 405. The van der Waals surface area contributed by atoms with Crippen LogP contribution in [0, 0.1) is 0 Å². The minimum absolute atomic E-state index is 0.292. The maximum atomic E-state index is 11.1. The maximum Gasteiger partial charge on any atom is 0.248 e. The Morgan fingerprint density at radius 1 is 1.35 bits per heavy atom. The number of hydrogen-bond donors (Lipinski definition) is 3. The second kappa shape index (κ2) is 5.19. The molecule has 1 amide bonds. The molecular formula is C13H19N3O. The van der Waals surface area contributed by atoms with Crippen LogP contribution in [0.15, 0.2) is 24.3 Å². The molecule has 5 N–H and O–H groups in total. The van der Waals surface area contributed by atoms with Crippen molar-refractivity contribution in [3.8, 4) is 0 Å². The molecule has 0 saturated heterocycles. The number of anilines is 1. The number of nitrogens with two attached hydrogens (primary N) is 2. The molecule has 17 heavy (non-hydrogen) atoms. The Kier molecular flexibility index (Phi) is 3.64. The minimum Gasteiger partial charge on any atom is -0.382 e. The van der Waals surface area contributed by atoms with Crippen molar-refractivity contribution in [1.29, 1.82) is 0 Å². The van der Waals surface area contributed by atoms with Crippen molar-refractivity contribution < 1.29 is 4.79 Å². The van der Waals surface area contributed by atoms with Crippen LogP contribution >= 0.6 is 0 Å². The van der Waals surface area contributed by atoms with Crippen LogP contribution in [0.2, 0.25) is 0 Å². The van der Waals surface area contributed by atoms with Gasteiger partial charge in [-0.1, -0.05) is 6.07 Å². The van der Waals surface area contributed by atoms with Crippen LogP contribution in [0.25, 0.3) is 0 Å². The van der Waals surface area contributed by atoms with Gasteiger partial charge < -0.3 is 16.8 Å². The summed E-state index contributed by atoms with van der Waals surface area (Å²) >= 11 is 0. The van der Waals surface area contributed by atoms with E-state index >= 15 is 0 Å². The predicted octanol–water partition coefficient (Wildman–Crippen LogP) is 1.47. The van der Waals surface area contributed by atoms with Crippen LogP contribution in [-0.4, -0.2) is 18.0 Å². The van der Waals surface area contributed by atoms with Crippen LogP contribution in [0.5, 0.6) is 0 Å². The molecule has 2 atom stereocenters. The molecule has 0 spiro atoms. The summed E-state index contributed by atoms with van der Waals surface area (Å²) in [5.74, 6) is -0.394. The first-order chi connectivity index (χ1) is 8.15. The van der Waals surface area contributed by atoms with Gasteiger partial charge in [-0.3, -0.25) is 4.79 Å². The van der Waals surface area contributed by atoms with Gasteiger partial charge in [-0.2, -0.15) is 0 Å². The van der Waals surface area contributed by atoms with Crippen molar-refractivity contribution in [3.05, 3.63) is 29.8 Å². The van der Waals surface area contributed by atoms with E-state index < -0.39 is 5.91 Å². The number of nitrogens with one attached hydrogen (secondary N) is 1. The molecule has 1 aromatic carbocycles. The van der Waals surface area contributed by atoms with E-state index in [0.29, 0.717) is 17.6 Å². The molecule has 2 unspecified atom stereocenters. The lowest BCUT2D eigenvalue weighted by molar-refractivity contribution is 0.100. The second-order valence-electron chi connectivity index (χ2n) is 4.71. The van der Waals surface area contributed by atoms with Gasteiger partial charge in [-0.25, -0.2) is 0 Å². The molecule has 4 heteroatoms. The number of rotatable bonds is 3. The van der Waals surface area contributed by atoms with Crippen LogP contribution in [0.1, 0.15) is 36.0 Å². The predicted molar refractivity (Wildman–Crippen MR) is 68.8 cm³/mol. The molecule has 0 bridgehead atoms. The third-order valence-corrected chi connectivity index (χ3v) is 3.23. The number of primary amides is 1. The van der Waals surface area contributed by atoms with Crippen LogP contribution in [0.4, 0.5) is 5.69 Å². The summed E-state index contributed by atoms with van der Waals surface area (Å²) in [6, 6.07) is 8.00. The van der Waals surface area contributed by atoms with E-state index in [9.17, 15) is 4.79 Å². The van der Waals surface area contributed by atoms with Crippen molar-refractivity contribution in [2.24, 2.45) is 11.5 Å².